The van der Waals surface area contributed by atoms with Gasteiger partial charge < -0.3 is 9.47 Å². The van der Waals surface area contributed by atoms with Gasteiger partial charge in [-0.05, 0) is 29.8 Å². The Labute approximate surface area is 141 Å². The van der Waals surface area contributed by atoms with Crippen LogP contribution in [0.5, 0.6) is 11.5 Å². The minimum Gasteiger partial charge on any atom is -0.497 e. The molecule has 0 atom stereocenters. The summed E-state index contributed by atoms with van der Waals surface area (Å²) >= 11 is 0. The first-order valence-electron chi connectivity index (χ1n) is 6.87. The number of hydrogen-bond acceptors (Lipinski definition) is 7. The third kappa shape index (κ3) is 4.61. The van der Waals surface area contributed by atoms with Crippen LogP contribution in [0, 0.1) is 20.2 Å². The lowest BCUT2D eigenvalue weighted by molar-refractivity contribution is -0.394. The maximum Gasteiger partial charge on any atom is 0.336 e. The average molecular weight is 344 g/mol. The molecular weight excluding hydrogens is 332 g/mol. The number of methoxy groups -OCH3 is 1. The third-order valence-corrected chi connectivity index (χ3v) is 3.09. The lowest BCUT2D eigenvalue weighted by atomic mass is 10.2. The average Bonchev–Trinajstić information content (AvgIpc) is 2.60. The second-order valence-electron chi connectivity index (χ2n) is 4.69. The Morgan fingerprint density at radius 1 is 1.04 bits per heavy atom. The molecule has 9 nitrogen and oxygen atoms in total. The first-order chi connectivity index (χ1) is 11.9. The van der Waals surface area contributed by atoms with Crippen molar-refractivity contribution in [1.82, 2.24) is 0 Å². The van der Waals surface area contributed by atoms with Crippen LogP contribution < -0.4 is 9.47 Å². The van der Waals surface area contributed by atoms with Crippen molar-refractivity contribution in [2.24, 2.45) is 0 Å². The molecule has 0 heterocycles. The highest BCUT2D eigenvalue weighted by Gasteiger charge is 2.22. The number of carbonyl (C=O) groups is 1. The van der Waals surface area contributed by atoms with Crippen molar-refractivity contribution in [2.45, 2.75) is 0 Å². The predicted molar refractivity (Wildman–Crippen MR) is 87.4 cm³/mol. The van der Waals surface area contributed by atoms with E-state index >= 15 is 0 Å². The number of nitrogens with zero attached hydrogens (tertiary/aromatic N) is 2. The van der Waals surface area contributed by atoms with E-state index in [1.807, 2.05) is 0 Å². The molecule has 0 fully saturated rings. The van der Waals surface area contributed by atoms with Crippen LogP contribution in [0.1, 0.15) is 5.56 Å². The summed E-state index contributed by atoms with van der Waals surface area (Å²) in [5, 5.41) is 21.6. The van der Waals surface area contributed by atoms with Crippen molar-refractivity contribution < 1.29 is 24.1 Å². The van der Waals surface area contributed by atoms with Gasteiger partial charge in [0.15, 0.2) is 0 Å². The Bertz CT molecular complexity index is 844. The Hall–Kier alpha value is -3.75. The molecule has 0 bridgehead atoms. The van der Waals surface area contributed by atoms with Crippen LogP contribution in [0.25, 0.3) is 6.08 Å². The van der Waals surface area contributed by atoms with Gasteiger partial charge in [0.05, 0.1) is 23.0 Å². The zero-order valence-electron chi connectivity index (χ0n) is 12.9. The van der Waals surface area contributed by atoms with Crippen molar-refractivity contribution in [3.8, 4) is 11.5 Å². The van der Waals surface area contributed by atoms with Gasteiger partial charge in [-0.3, -0.25) is 20.2 Å². The molecule has 0 amide bonds. The van der Waals surface area contributed by atoms with E-state index in [1.54, 1.807) is 24.3 Å². The zero-order valence-corrected chi connectivity index (χ0v) is 12.9. The van der Waals surface area contributed by atoms with Gasteiger partial charge in [-0.2, -0.15) is 0 Å². The monoisotopic (exact) mass is 344 g/mol. The molecule has 2 aromatic carbocycles. The van der Waals surface area contributed by atoms with Gasteiger partial charge in [0.2, 0.25) is 5.75 Å². The van der Waals surface area contributed by atoms with Crippen molar-refractivity contribution in [3.63, 3.8) is 0 Å². The number of ether oxygens (including phenoxy) is 2. The van der Waals surface area contributed by atoms with Crippen LogP contribution in [0.2, 0.25) is 0 Å². The van der Waals surface area contributed by atoms with Gasteiger partial charge in [0, 0.05) is 12.1 Å². The predicted octanol–water partition coefficient (Wildman–Crippen LogP) is 3.13. The highest BCUT2D eigenvalue weighted by Crippen LogP contribution is 2.31. The number of nitro groups is 2. The molecule has 9 heteroatoms. The molecule has 0 aliphatic carbocycles. The molecule has 0 aliphatic heterocycles. The minimum absolute atomic E-state index is 0.375. The lowest BCUT2D eigenvalue weighted by Crippen LogP contribution is -2.06. The molecule has 0 N–H and O–H groups in total. The Balaban J connectivity index is 2.15. The number of esters is 1. The highest BCUT2D eigenvalue weighted by atomic mass is 16.6. The van der Waals surface area contributed by atoms with E-state index in [2.05, 4.69) is 0 Å². The van der Waals surface area contributed by atoms with E-state index in [1.165, 1.54) is 13.2 Å². The summed E-state index contributed by atoms with van der Waals surface area (Å²) in [6.07, 6.45) is 2.55. The number of nitro benzene ring substituents is 2. The van der Waals surface area contributed by atoms with Gasteiger partial charge >= 0.3 is 11.7 Å². The number of carbonyl (C=O) groups excluding carboxylic acids is 1. The smallest absolute Gasteiger partial charge is 0.336 e. The molecule has 0 saturated heterocycles. The van der Waals surface area contributed by atoms with Crippen LogP contribution in [0.15, 0.2) is 48.5 Å². The highest BCUT2D eigenvalue weighted by molar-refractivity contribution is 5.89. The molecule has 2 aromatic rings. The largest absolute Gasteiger partial charge is 0.497 e. The SMILES string of the molecule is COc1ccc(/C=C/C(=O)Oc2ccc([N+](=O)[O-])cc2[N+](=O)[O-])cc1. The molecule has 0 saturated carbocycles. The van der Waals surface area contributed by atoms with Gasteiger partial charge in [-0.25, -0.2) is 4.79 Å². The van der Waals surface area contributed by atoms with Crippen molar-refractivity contribution >= 4 is 23.4 Å². The maximum absolute atomic E-state index is 11.8. The number of hydrogen-bond donors (Lipinski definition) is 0. The van der Waals surface area contributed by atoms with Crippen LogP contribution in [-0.2, 0) is 4.79 Å². The van der Waals surface area contributed by atoms with Gasteiger partial charge in [-0.15, -0.1) is 0 Å². The van der Waals surface area contributed by atoms with Crippen LogP contribution in [0.3, 0.4) is 0 Å². The van der Waals surface area contributed by atoms with Gasteiger partial charge in [-0.1, -0.05) is 12.1 Å². The van der Waals surface area contributed by atoms with Crippen LogP contribution in [-0.4, -0.2) is 22.9 Å². The number of rotatable bonds is 6. The fraction of sp³-hybridized carbons (Fsp3) is 0.0625. The molecule has 0 spiro atoms. The fourth-order valence-electron chi connectivity index (χ4n) is 1.87. The van der Waals surface area contributed by atoms with E-state index in [4.69, 9.17) is 9.47 Å². The summed E-state index contributed by atoms with van der Waals surface area (Å²) in [5.41, 5.74) is -0.448. The standard InChI is InChI=1S/C16H12N2O7/c1-24-13-6-2-11(3-7-13)4-9-16(19)25-15-8-5-12(17(20)21)10-14(15)18(22)23/h2-10H,1H3/b9-4+. The molecular formula is C16H12N2O7. The van der Waals surface area contributed by atoms with Crippen LogP contribution >= 0.6 is 0 Å². The number of benzene rings is 2. The van der Waals surface area contributed by atoms with E-state index in [-0.39, 0.29) is 5.75 Å². The van der Waals surface area contributed by atoms with Crippen LogP contribution in [0.4, 0.5) is 11.4 Å². The maximum atomic E-state index is 11.8. The molecule has 25 heavy (non-hydrogen) atoms. The Morgan fingerprint density at radius 2 is 1.72 bits per heavy atom. The molecule has 0 unspecified atom stereocenters. The second-order valence-corrected chi connectivity index (χ2v) is 4.69. The van der Waals surface area contributed by atoms with E-state index in [9.17, 15) is 25.0 Å². The second kappa shape index (κ2) is 7.68. The zero-order chi connectivity index (χ0) is 18.4. The summed E-state index contributed by atoms with van der Waals surface area (Å²) < 4.78 is 9.90. The summed E-state index contributed by atoms with van der Waals surface area (Å²) in [7, 11) is 1.53. The minimum atomic E-state index is -0.858. The van der Waals surface area contributed by atoms with Crippen molar-refractivity contribution in [2.75, 3.05) is 7.11 Å². The molecule has 0 radical (unpaired) electrons. The fourth-order valence-corrected chi connectivity index (χ4v) is 1.87. The van der Waals surface area contributed by atoms with E-state index in [0.29, 0.717) is 11.3 Å². The molecule has 0 aromatic heterocycles. The van der Waals surface area contributed by atoms with Crippen molar-refractivity contribution in [1.29, 1.82) is 0 Å². The topological polar surface area (TPSA) is 122 Å². The van der Waals surface area contributed by atoms with E-state index in [0.717, 1.165) is 24.3 Å². The van der Waals surface area contributed by atoms with E-state index < -0.39 is 27.2 Å². The summed E-state index contributed by atoms with van der Waals surface area (Å²) in [4.78, 5) is 31.8. The molecule has 2 rings (SSSR count). The Kier molecular flexibility index (Phi) is 5.41. The molecule has 128 valence electrons. The summed E-state index contributed by atoms with van der Waals surface area (Å²) in [5.74, 6) is -0.575. The van der Waals surface area contributed by atoms with Crippen molar-refractivity contribution in [3.05, 3.63) is 74.3 Å². The summed E-state index contributed by atoms with van der Waals surface area (Å²) in [6, 6.07) is 9.57. The number of non-ortho nitro benzene ring substituents is 1. The molecule has 0 aliphatic rings. The van der Waals surface area contributed by atoms with Gasteiger partial charge in [0.25, 0.3) is 5.69 Å². The quantitative estimate of drug-likeness (QED) is 0.259. The first-order valence-corrected chi connectivity index (χ1v) is 6.87. The normalized spacial score (nSPS) is 10.4. The van der Waals surface area contributed by atoms with Gasteiger partial charge in [0.1, 0.15) is 5.75 Å². The third-order valence-electron chi connectivity index (χ3n) is 3.09. The lowest BCUT2D eigenvalue weighted by Gasteiger charge is -2.02. The Morgan fingerprint density at radius 3 is 2.28 bits per heavy atom. The summed E-state index contributed by atoms with van der Waals surface area (Å²) in [6.45, 7) is 0. The first kappa shape index (κ1) is 17.6.